The van der Waals surface area contributed by atoms with E-state index < -0.39 is 5.97 Å². The first-order valence-corrected chi connectivity index (χ1v) is 4.07. The zero-order valence-electron chi connectivity index (χ0n) is 7.23. The average molecular weight is 192 g/mol. The summed E-state index contributed by atoms with van der Waals surface area (Å²) in [6.07, 6.45) is 0. The monoisotopic (exact) mass is 192 g/mol. The van der Waals surface area contributed by atoms with Crippen molar-refractivity contribution in [2.24, 2.45) is 0 Å². The molecular weight excluding hydrogens is 184 g/mol. The highest BCUT2D eigenvalue weighted by molar-refractivity contribution is 5.99. The standard InChI is InChI=1S/C10H8O4/c11-7-3-1-6(2-4-7)8-5-14-10(13)9(8)12/h1-4,11-12H,5H2. The van der Waals surface area contributed by atoms with Crippen molar-refractivity contribution in [3.8, 4) is 5.75 Å². The maximum Gasteiger partial charge on any atom is 0.374 e. The number of cyclic esters (lactones) is 1. The van der Waals surface area contributed by atoms with E-state index in [0.29, 0.717) is 11.1 Å². The van der Waals surface area contributed by atoms with Crippen molar-refractivity contribution in [2.75, 3.05) is 6.61 Å². The van der Waals surface area contributed by atoms with Crippen LogP contribution in [-0.2, 0) is 9.53 Å². The number of phenols is 1. The largest absolute Gasteiger partial charge is 0.508 e. The molecule has 14 heavy (non-hydrogen) atoms. The quantitative estimate of drug-likeness (QED) is 0.656. The third kappa shape index (κ3) is 1.31. The van der Waals surface area contributed by atoms with E-state index in [4.69, 9.17) is 5.11 Å². The molecule has 1 aliphatic rings. The van der Waals surface area contributed by atoms with E-state index in [1.54, 1.807) is 12.1 Å². The molecule has 4 heteroatoms. The number of hydrogen-bond donors (Lipinski definition) is 2. The number of benzene rings is 1. The minimum absolute atomic E-state index is 0.0788. The molecule has 0 saturated carbocycles. The Kier molecular flexibility index (Phi) is 1.89. The molecule has 0 spiro atoms. The van der Waals surface area contributed by atoms with E-state index in [2.05, 4.69) is 4.74 Å². The van der Waals surface area contributed by atoms with E-state index in [9.17, 15) is 9.90 Å². The highest BCUT2D eigenvalue weighted by Crippen LogP contribution is 2.25. The molecule has 1 aromatic rings. The molecule has 0 radical (unpaired) electrons. The summed E-state index contributed by atoms with van der Waals surface area (Å²) in [6, 6.07) is 6.20. The summed E-state index contributed by atoms with van der Waals surface area (Å²) in [4.78, 5) is 10.8. The SMILES string of the molecule is O=C1OCC(c2ccc(O)cc2)=C1O. The summed E-state index contributed by atoms with van der Waals surface area (Å²) in [7, 11) is 0. The molecule has 0 unspecified atom stereocenters. The van der Waals surface area contributed by atoms with E-state index in [-0.39, 0.29) is 18.1 Å². The Morgan fingerprint density at radius 2 is 1.79 bits per heavy atom. The van der Waals surface area contributed by atoms with Gasteiger partial charge in [-0.05, 0) is 17.7 Å². The second-order valence-corrected chi connectivity index (χ2v) is 2.95. The van der Waals surface area contributed by atoms with Crippen LogP contribution in [0.1, 0.15) is 5.56 Å². The molecule has 0 saturated heterocycles. The van der Waals surface area contributed by atoms with Gasteiger partial charge in [0.15, 0.2) is 0 Å². The predicted octanol–water partition coefficient (Wildman–Crippen LogP) is 1.22. The van der Waals surface area contributed by atoms with Gasteiger partial charge in [-0.3, -0.25) is 0 Å². The van der Waals surface area contributed by atoms with Crippen LogP contribution in [0.2, 0.25) is 0 Å². The van der Waals surface area contributed by atoms with Crippen molar-refractivity contribution in [3.05, 3.63) is 35.6 Å². The van der Waals surface area contributed by atoms with Crippen molar-refractivity contribution in [2.45, 2.75) is 0 Å². The molecule has 0 bridgehead atoms. The van der Waals surface area contributed by atoms with Gasteiger partial charge in [0.05, 0.1) is 0 Å². The zero-order valence-corrected chi connectivity index (χ0v) is 7.23. The van der Waals surface area contributed by atoms with Crippen molar-refractivity contribution >= 4 is 11.5 Å². The maximum atomic E-state index is 10.8. The molecule has 0 aromatic heterocycles. The molecular formula is C10H8O4. The van der Waals surface area contributed by atoms with Crippen LogP contribution in [0.5, 0.6) is 5.75 Å². The van der Waals surface area contributed by atoms with E-state index in [1.165, 1.54) is 12.1 Å². The lowest BCUT2D eigenvalue weighted by Gasteiger charge is -2.00. The summed E-state index contributed by atoms with van der Waals surface area (Å²) < 4.78 is 4.64. The smallest absolute Gasteiger partial charge is 0.374 e. The first-order valence-electron chi connectivity index (χ1n) is 4.07. The number of carbonyl (C=O) groups is 1. The number of aliphatic hydroxyl groups is 1. The highest BCUT2D eigenvalue weighted by Gasteiger charge is 2.24. The number of aliphatic hydroxyl groups excluding tert-OH is 1. The maximum absolute atomic E-state index is 10.8. The summed E-state index contributed by atoms with van der Waals surface area (Å²) >= 11 is 0. The van der Waals surface area contributed by atoms with Gasteiger partial charge >= 0.3 is 5.97 Å². The van der Waals surface area contributed by atoms with Gasteiger partial charge in [0.2, 0.25) is 5.76 Å². The van der Waals surface area contributed by atoms with Crippen molar-refractivity contribution in [3.63, 3.8) is 0 Å². The van der Waals surface area contributed by atoms with Crippen LogP contribution in [-0.4, -0.2) is 22.8 Å². The fourth-order valence-corrected chi connectivity index (χ4v) is 1.28. The molecule has 2 rings (SSSR count). The minimum Gasteiger partial charge on any atom is -0.508 e. The lowest BCUT2D eigenvalue weighted by molar-refractivity contribution is -0.138. The molecule has 0 atom stereocenters. The number of rotatable bonds is 1. The Morgan fingerprint density at radius 3 is 2.29 bits per heavy atom. The van der Waals surface area contributed by atoms with Crippen molar-refractivity contribution in [1.82, 2.24) is 0 Å². The van der Waals surface area contributed by atoms with Crippen molar-refractivity contribution < 1.29 is 19.7 Å². The normalized spacial score (nSPS) is 15.9. The lowest BCUT2D eigenvalue weighted by atomic mass is 10.1. The first-order chi connectivity index (χ1) is 6.68. The van der Waals surface area contributed by atoms with Gasteiger partial charge in [-0.2, -0.15) is 0 Å². The van der Waals surface area contributed by atoms with Crippen LogP contribution in [0.15, 0.2) is 30.0 Å². The number of carbonyl (C=O) groups excluding carboxylic acids is 1. The Labute approximate surface area is 80.1 Å². The minimum atomic E-state index is -0.701. The highest BCUT2D eigenvalue weighted by atomic mass is 16.6. The van der Waals surface area contributed by atoms with Crippen LogP contribution in [0, 0.1) is 0 Å². The third-order valence-electron chi connectivity index (χ3n) is 2.04. The molecule has 4 nitrogen and oxygen atoms in total. The lowest BCUT2D eigenvalue weighted by Crippen LogP contribution is -1.97. The van der Waals surface area contributed by atoms with Crippen LogP contribution in [0.4, 0.5) is 0 Å². The average Bonchev–Trinajstić information content (AvgIpc) is 2.50. The van der Waals surface area contributed by atoms with Gasteiger partial charge in [-0.15, -0.1) is 0 Å². The molecule has 1 heterocycles. The molecule has 2 N–H and O–H groups in total. The Morgan fingerprint density at radius 1 is 1.14 bits per heavy atom. The van der Waals surface area contributed by atoms with Crippen LogP contribution in [0.25, 0.3) is 5.57 Å². The second kappa shape index (κ2) is 3.06. The summed E-state index contributed by atoms with van der Waals surface area (Å²) in [5, 5.41) is 18.4. The fraction of sp³-hybridized carbons (Fsp3) is 0.100. The molecule has 72 valence electrons. The zero-order chi connectivity index (χ0) is 10.1. The van der Waals surface area contributed by atoms with Crippen molar-refractivity contribution in [1.29, 1.82) is 0 Å². The van der Waals surface area contributed by atoms with Gasteiger partial charge in [-0.1, -0.05) is 12.1 Å². The Balaban J connectivity index is 2.41. The summed E-state index contributed by atoms with van der Waals surface area (Å²) in [5.41, 5.74) is 1.13. The van der Waals surface area contributed by atoms with Crippen LogP contribution in [0.3, 0.4) is 0 Å². The number of hydrogen-bond acceptors (Lipinski definition) is 4. The Bertz CT molecular complexity index is 403. The van der Waals surface area contributed by atoms with E-state index >= 15 is 0 Å². The molecule has 0 fully saturated rings. The third-order valence-corrected chi connectivity index (χ3v) is 2.04. The predicted molar refractivity (Wildman–Crippen MR) is 48.6 cm³/mol. The Hall–Kier alpha value is -1.97. The summed E-state index contributed by atoms with van der Waals surface area (Å²) in [6.45, 7) is 0.0788. The topological polar surface area (TPSA) is 66.8 Å². The molecule has 1 aliphatic heterocycles. The first kappa shape index (κ1) is 8.62. The van der Waals surface area contributed by atoms with E-state index in [0.717, 1.165) is 0 Å². The number of phenolic OH excluding ortho intramolecular Hbond substituents is 1. The molecule has 0 aliphatic carbocycles. The van der Waals surface area contributed by atoms with Crippen LogP contribution < -0.4 is 0 Å². The number of esters is 1. The molecule has 0 amide bonds. The second-order valence-electron chi connectivity index (χ2n) is 2.95. The number of ether oxygens (including phenoxy) is 1. The molecule has 1 aromatic carbocycles. The summed E-state index contributed by atoms with van der Waals surface area (Å²) in [5.74, 6) is -0.914. The van der Waals surface area contributed by atoms with Gasteiger partial charge in [0.25, 0.3) is 0 Å². The van der Waals surface area contributed by atoms with Gasteiger partial charge in [0, 0.05) is 5.57 Å². The van der Waals surface area contributed by atoms with Gasteiger partial charge in [-0.25, -0.2) is 4.79 Å². The number of aromatic hydroxyl groups is 1. The fourth-order valence-electron chi connectivity index (χ4n) is 1.28. The van der Waals surface area contributed by atoms with Gasteiger partial charge in [0.1, 0.15) is 12.4 Å². The van der Waals surface area contributed by atoms with E-state index in [1.807, 2.05) is 0 Å². The van der Waals surface area contributed by atoms with Gasteiger partial charge < -0.3 is 14.9 Å². The van der Waals surface area contributed by atoms with Crippen LogP contribution >= 0.6 is 0 Å².